The van der Waals surface area contributed by atoms with Crippen LogP contribution in [0.1, 0.15) is 29.1 Å². The zero-order valence-corrected chi connectivity index (χ0v) is 15.2. The molecule has 1 aromatic carbocycles. The fraction of sp³-hybridized carbons (Fsp3) is 0.316. The number of oxazole rings is 1. The highest BCUT2D eigenvalue weighted by molar-refractivity contribution is 6.31. The normalized spacial score (nSPS) is 17.5. The third-order valence-electron chi connectivity index (χ3n) is 4.32. The lowest BCUT2D eigenvalue weighted by molar-refractivity contribution is 0.0214. The van der Waals surface area contributed by atoms with E-state index in [1.54, 1.807) is 12.4 Å². The van der Waals surface area contributed by atoms with E-state index in [-0.39, 0.29) is 6.10 Å². The van der Waals surface area contributed by atoms with Crippen LogP contribution in [0.25, 0.3) is 0 Å². The molecule has 7 heteroatoms. The maximum atomic E-state index is 6.22. The summed E-state index contributed by atoms with van der Waals surface area (Å²) in [7, 11) is 0. The molecular formula is C19H19ClN4O2. The number of aromatic nitrogens is 3. The Hall–Kier alpha value is -2.44. The minimum absolute atomic E-state index is 0.223. The van der Waals surface area contributed by atoms with E-state index >= 15 is 0 Å². The summed E-state index contributed by atoms with van der Waals surface area (Å²) < 4.78 is 11.8. The van der Waals surface area contributed by atoms with Crippen LogP contribution in [-0.2, 0) is 11.2 Å². The van der Waals surface area contributed by atoms with Crippen LogP contribution in [0.5, 0.6) is 0 Å². The number of rotatable bonds is 4. The Bertz CT molecular complexity index is 899. The Balaban J connectivity index is 1.48. The van der Waals surface area contributed by atoms with Crippen LogP contribution in [0.3, 0.4) is 0 Å². The molecule has 1 atom stereocenters. The van der Waals surface area contributed by atoms with Crippen molar-refractivity contribution in [3.05, 3.63) is 70.8 Å². The van der Waals surface area contributed by atoms with Crippen LogP contribution < -0.4 is 4.90 Å². The molecule has 134 valence electrons. The molecule has 0 radical (unpaired) electrons. The van der Waals surface area contributed by atoms with Crippen molar-refractivity contribution in [1.29, 1.82) is 0 Å². The molecule has 26 heavy (non-hydrogen) atoms. The Morgan fingerprint density at radius 1 is 1.23 bits per heavy atom. The van der Waals surface area contributed by atoms with Gasteiger partial charge < -0.3 is 14.1 Å². The highest BCUT2D eigenvalue weighted by Crippen LogP contribution is 2.26. The van der Waals surface area contributed by atoms with Crippen molar-refractivity contribution in [1.82, 2.24) is 15.0 Å². The lowest BCUT2D eigenvalue weighted by atomic mass is 10.1. The topological polar surface area (TPSA) is 64.3 Å². The number of nitrogens with zero attached hydrogens (tertiary/aromatic N) is 4. The van der Waals surface area contributed by atoms with E-state index in [4.69, 9.17) is 20.8 Å². The van der Waals surface area contributed by atoms with Crippen LogP contribution in [0.15, 0.2) is 47.1 Å². The van der Waals surface area contributed by atoms with Crippen molar-refractivity contribution < 1.29 is 9.15 Å². The van der Waals surface area contributed by atoms with Gasteiger partial charge >= 0.3 is 0 Å². The maximum Gasteiger partial charge on any atom is 0.225 e. The molecule has 0 amide bonds. The van der Waals surface area contributed by atoms with Crippen molar-refractivity contribution in [2.45, 2.75) is 19.4 Å². The van der Waals surface area contributed by atoms with E-state index in [1.165, 1.54) is 0 Å². The number of morpholine rings is 1. The molecule has 0 N–H and O–H groups in total. The summed E-state index contributed by atoms with van der Waals surface area (Å²) >= 11 is 6.22. The number of ether oxygens (including phenoxy) is 1. The smallest absolute Gasteiger partial charge is 0.225 e. The highest BCUT2D eigenvalue weighted by Gasteiger charge is 2.27. The maximum absolute atomic E-state index is 6.22. The SMILES string of the molecule is Cc1nccc(N2CCOC(c3ncc(Cc4ccccc4Cl)o3)C2)n1. The molecule has 0 bridgehead atoms. The number of hydrogen-bond acceptors (Lipinski definition) is 6. The van der Waals surface area contributed by atoms with Crippen molar-refractivity contribution in [2.24, 2.45) is 0 Å². The second-order valence-electron chi connectivity index (χ2n) is 6.20. The van der Waals surface area contributed by atoms with Gasteiger partial charge in [0, 0.05) is 24.2 Å². The molecule has 0 saturated carbocycles. The van der Waals surface area contributed by atoms with Gasteiger partial charge in [-0.25, -0.2) is 15.0 Å². The van der Waals surface area contributed by atoms with E-state index in [2.05, 4.69) is 19.9 Å². The number of aryl methyl sites for hydroxylation is 1. The Kier molecular flexibility index (Phi) is 4.86. The van der Waals surface area contributed by atoms with E-state index in [0.717, 1.165) is 34.5 Å². The first kappa shape index (κ1) is 17.0. The van der Waals surface area contributed by atoms with Gasteiger partial charge in [0.15, 0.2) is 6.10 Å². The molecule has 3 aromatic rings. The number of hydrogen-bond donors (Lipinski definition) is 0. The molecule has 1 fully saturated rings. The summed E-state index contributed by atoms with van der Waals surface area (Å²) in [5.41, 5.74) is 1.01. The second kappa shape index (κ2) is 7.43. The largest absolute Gasteiger partial charge is 0.442 e. The van der Waals surface area contributed by atoms with Crippen molar-refractivity contribution in [2.75, 3.05) is 24.6 Å². The quantitative estimate of drug-likeness (QED) is 0.699. The van der Waals surface area contributed by atoms with Gasteiger partial charge in [0.2, 0.25) is 5.89 Å². The summed E-state index contributed by atoms with van der Waals surface area (Å²) in [6.07, 6.45) is 3.90. The molecule has 3 heterocycles. The average Bonchev–Trinajstić information content (AvgIpc) is 3.12. The first-order valence-corrected chi connectivity index (χ1v) is 8.91. The fourth-order valence-electron chi connectivity index (χ4n) is 3.01. The monoisotopic (exact) mass is 370 g/mol. The van der Waals surface area contributed by atoms with Crippen LogP contribution in [0.4, 0.5) is 5.82 Å². The summed E-state index contributed by atoms with van der Waals surface area (Å²) in [4.78, 5) is 15.2. The fourth-order valence-corrected chi connectivity index (χ4v) is 3.21. The van der Waals surface area contributed by atoms with E-state index in [9.17, 15) is 0 Å². The zero-order chi connectivity index (χ0) is 17.9. The first-order chi connectivity index (χ1) is 12.7. The standard InChI is InChI=1S/C19H19ClN4O2/c1-13-21-7-6-18(23-13)24-8-9-25-17(12-24)19-22-11-15(26-19)10-14-4-2-3-5-16(14)20/h2-7,11,17H,8-10,12H2,1H3. The molecule has 1 saturated heterocycles. The van der Waals surface area contributed by atoms with Gasteiger partial charge in [0.25, 0.3) is 0 Å². The molecule has 2 aromatic heterocycles. The van der Waals surface area contributed by atoms with Crippen molar-refractivity contribution >= 4 is 17.4 Å². The molecule has 1 aliphatic rings. The third kappa shape index (κ3) is 3.71. The van der Waals surface area contributed by atoms with Crippen LogP contribution in [0.2, 0.25) is 5.02 Å². The summed E-state index contributed by atoms with van der Waals surface area (Å²) in [5, 5.41) is 0.727. The molecule has 6 nitrogen and oxygen atoms in total. The molecular weight excluding hydrogens is 352 g/mol. The number of halogens is 1. The van der Waals surface area contributed by atoms with Gasteiger partial charge in [-0.15, -0.1) is 0 Å². The minimum Gasteiger partial charge on any atom is -0.442 e. The Labute approximate surface area is 156 Å². The Morgan fingerprint density at radius 3 is 2.96 bits per heavy atom. The molecule has 1 unspecified atom stereocenters. The van der Waals surface area contributed by atoms with E-state index < -0.39 is 0 Å². The van der Waals surface area contributed by atoms with Crippen LogP contribution in [-0.4, -0.2) is 34.6 Å². The van der Waals surface area contributed by atoms with E-state index in [1.807, 2.05) is 37.3 Å². The summed E-state index contributed by atoms with van der Waals surface area (Å²) in [6, 6.07) is 9.65. The molecule has 4 rings (SSSR count). The molecule has 1 aliphatic heterocycles. The number of anilines is 1. The summed E-state index contributed by atoms with van der Waals surface area (Å²) in [6.45, 7) is 3.90. The zero-order valence-electron chi connectivity index (χ0n) is 14.4. The predicted octanol–water partition coefficient (Wildman–Crippen LogP) is 3.60. The summed E-state index contributed by atoms with van der Waals surface area (Å²) in [5.74, 6) is 3.01. The van der Waals surface area contributed by atoms with Gasteiger partial charge in [-0.2, -0.15) is 0 Å². The van der Waals surface area contributed by atoms with Gasteiger partial charge in [-0.1, -0.05) is 29.8 Å². The third-order valence-corrected chi connectivity index (χ3v) is 4.69. The van der Waals surface area contributed by atoms with E-state index in [0.29, 0.717) is 25.5 Å². The highest BCUT2D eigenvalue weighted by atomic mass is 35.5. The van der Waals surface area contributed by atoms with Gasteiger partial charge in [0.1, 0.15) is 17.4 Å². The lowest BCUT2D eigenvalue weighted by Gasteiger charge is -2.32. The minimum atomic E-state index is -0.223. The number of benzene rings is 1. The predicted molar refractivity (Wildman–Crippen MR) is 98.4 cm³/mol. The lowest BCUT2D eigenvalue weighted by Crippen LogP contribution is -2.39. The first-order valence-electron chi connectivity index (χ1n) is 8.53. The van der Waals surface area contributed by atoms with Gasteiger partial charge in [-0.05, 0) is 24.6 Å². The van der Waals surface area contributed by atoms with Crippen LogP contribution in [0, 0.1) is 6.92 Å². The molecule has 0 spiro atoms. The van der Waals surface area contributed by atoms with Gasteiger partial charge in [-0.3, -0.25) is 0 Å². The second-order valence-corrected chi connectivity index (χ2v) is 6.61. The Morgan fingerprint density at radius 2 is 2.12 bits per heavy atom. The van der Waals surface area contributed by atoms with Crippen LogP contribution >= 0.6 is 11.6 Å². The van der Waals surface area contributed by atoms with Crippen molar-refractivity contribution in [3.8, 4) is 0 Å². The van der Waals surface area contributed by atoms with Gasteiger partial charge in [0.05, 0.1) is 19.3 Å². The van der Waals surface area contributed by atoms with Crippen molar-refractivity contribution in [3.63, 3.8) is 0 Å². The average molecular weight is 371 g/mol. The molecule has 0 aliphatic carbocycles.